The second kappa shape index (κ2) is 9.41. The number of hydrogen-bond acceptors (Lipinski definition) is 6. The van der Waals surface area contributed by atoms with Gasteiger partial charge in [-0.05, 0) is 42.5 Å². The molecule has 3 aromatic heterocycles. The number of morpholine rings is 1. The van der Waals surface area contributed by atoms with E-state index in [-0.39, 0.29) is 5.56 Å². The zero-order valence-corrected chi connectivity index (χ0v) is 19.6. The molecular formula is C28H25N5O3. The number of pyridine rings is 2. The van der Waals surface area contributed by atoms with E-state index in [9.17, 15) is 9.90 Å². The number of fused-ring (bicyclic) bond motifs is 2. The van der Waals surface area contributed by atoms with Gasteiger partial charge in [-0.25, -0.2) is 4.79 Å². The highest BCUT2D eigenvalue weighted by Crippen LogP contribution is 2.33. The van der Waals surface area contributed by atoms with Gasteiger partial charge in [0.1, 0.15) is 0 Å². The minimum absolute atomic E-state index is 0.222. The van der Waals surface area contributed by atoms with E-state index in [1.807, 2.05) is 48.9 Å². The smallest absolute Gasteiger partial charge is 0.337 e. The summed E-state index contributed by atoms with van der Waals surface area (Å²) in [5.74, 6) is -0.973. The maximum atomic E-state index is 11.9. The summed E-state index contributed by atoms with van der Waals surface area (Å²) in [7, 11) is 0. The molecular weight excluding hydrogens is 454 g/mol. The Bertz CT molecular complexity index is 1570. The lowest BCUT2D eigenvalue weighted by Gasteiger charge is -2.28. The van der Waals surface area contributed by atoms with Crippen molar-refractivity contribution in [2.75, 3.05) is 31.6 Å². The molecule has 0 spiro atoms. The SMILES string of the molecule is O=C(O)c1ccccc1Nc1c(CN2CCOCC2)cnc2ccc(-n3ccc4cnccc43)cc12. The van der Waals surface area contributed by atoms with Crippen LogP contribution in [0.4, 0.5) is 11.4 Å². The van der Waals surface area contributed by atoms with E-state index in [0.29, 0.717) is 25.4 Å². The van der Waals surface area contributed by atoms with Gasteiger partial charge in [-0.3, -0.25) is 14.9 Å². The molecule has 0 aliphatic carbocycles. The number of carbonyl (C=O) groups is 1. The fourth-order valence-corrected chi connectivity index (χ4v) is 4.76. The van der Waals surface area contributed by atoms with Crippen molar-refractivity contribution in [3.63, 3.8) is 0 Å². The molecule has 0 atom stereocenters. The molecule has 2 N–H and O–H groups in total. The third-order valence-corrected chi connectivity index (χ3v) is 6.61. The molecule has 0 unspecified atom stereocenters. The molecule has 8 nitrogen and oxygen atoms in total. The Morgan fingerprint density at radius 2 is 1.92 bits per heavy atom. The van der Waals surface area contributed by atoms with Crippen LogP contribution in [0.1, 0.15) is 15.9 Å². The van der Waals surface area contributed by atoms with Gasteiger partial charge in [-0.2, -0.15) is 0 Å². The van der Waals surface area contributed by atoms with Gasteiger partial charge in [0.2, 0.25) is 0 Å². The van der Waals surface area contributed by atoms with Crippen molar-refractivity contribution in [1.82, 2.24) is 19.4 Å². The molecule has 5 aromatic rings. The summed E-state index contributed by atoms with van der Waals surface area (Å²) in [4.78, 5) is 23.2. The molecule has 0 saturated carbocycles. The summed E-state index contributed by atoms with van der Waals surface area (Å²) >= 11 is 0. The lowest BCUT2D eigenvalue weighted by atomic mass is 10.1. The zero-order valence-electron chi connectivity index (χ0n) is 19.6. The lowest BCUT2D eigenvalue weighted by molar-refractivity contribution is 0.0342. The predicted molar refractivity (Wildman–Crippen MR) is 139 cm³/mol. The Labute approximate surface area is 207 Å². The predicted octanol–water partition coefficient (Wildman–Crippen LogP) is 4.85. The Balaban J connectivity index is 1.51. The fourth-order valence-electron chi connectivity index (χ4n) is 4.76. The molecule has 0 radical (unpaired) electrons. The molecule has 1 saturated heterocycles. The number of nitrogens with zero attached hydrogens (tertiary/aromatic N) is 4. The van der Waals surface area contributed by atoms with Crippen molar-refractivity contribution in [3.8, 4) is 5.69 Å². The van der Waals surface area contributed by atoms with Crippen LogP contribution < -0.4 is 5.32 Å². The first-order valence-electron chi connectivity index (χ1n) is 11.9. The van der Waals surface area contributed by atoms with Gasteiger partial charge in [0.05, 0.1) is 41.2 Å². The lowest BCUT2D eigenvalue weighted by Crippen LogP contribution is -2.35. The molecule has 1 aliphatic rings. The number of aromatic nitrogens is 3. The summed E-state index contributed by atoms with van der Waals surface area (Å²) < 4.78 is 7.65. The minimum atomic E-state index is -0.973. The molecule has 180 valence electrons. The van der Waals surface area contributed by atoms with E-state index in [1.165, 1.54) is 0 Å². The van der Waals surface area contributed by atoms with Crippen molar-refractivity contribution >= 4 is 39.1 Å². The molecule has 0 amide bonds. The van der Waals surface area contributed by atoms with E-state index < -0.39 is 5.97 Å². The highest BCUT2D eigenvalue weighted by Gasteiger charge is 2.18. The van der Waals surface area contributed by atoms with Crippen LogP contribution in [-0.4, -0.2) is 56.8 Å². The number of carboxylic acid groups (broad SMARTS) is 1. The van der Waals surface area contributed by atoms with E-state index >= 15 is 0 Å². The van der Waals surface area contributed by atoms with E-state index in [1.54, 1.807) is 24.4 Å². The zero-order chi connectivity index (χ0) is 24.5. The van der Waals surface area contributed by atoms with Crippen LogP contribution in [0.3, 0.4) is 0 Å². The number of benzene rings is 2. The number of aromatic carboxylic acids is 1. The monoisotopic (exact) mass is 479 g/mol. The van der Waals surface area contributed by atoms with Crippen LogP contribution in [0.15, 0.2) is 79.4 Å². The molecule has 1 fully saturated rings. The van der Waals surface area contributed by atoms with Gasteiger partial charge in [0, 0.05) is 66.4 Å². The van der Waals surface area contributed by atoms with E-state index in [0.717, 1.165) is 51.8 Å². The number of nitrogens with one attached hydrogen (secondary N) is 1. The van der Waals surface area contributed by atoms with Crippen molar-refractivity contribution in [2.24, 2.45) is 0 Å². The third-order valence-electron chi connectivity index (χ3n) is 6.61. The van der Waals surface area contributed by atoms with Crippen LogP contribution in [0, 0.1) is 0 Å². The molecule has 2 aromatic carbocycles. The molecule has 8 heteroatoms. The van der Waals surface area contributed by atoms with Crippen LogP contribution in [0.25, 0.3) is 27.5 Å². The average molecular weight is 480 g/mol. The van der Waals surface area contributed by atoms with E-state index in [4.69, 9.17) is 9.72 Å². The normalized spacial score (nSPS) is 14.3. The van der Waals surface area contributed by atoms with Crippen LogP contribution in [0.5, 0.6) is 0 Å². The molecule has 4 heterocycles. The van der Waals surface area contributed by atoms with Crippen LogP contribution >= 0.6 is 0 Å². The number of hydrogen-bond donors (Lipinski definition) is 2. The van der Waals surface area contributed by atoms with Crippen molar-refractivity contribution < 1.29 is 14.6 Å². The molecule has 6 rings (SSSR count). The number of ether oxygens (including phenoxy) is 1. The number of para-hydroxylation sites is 1. The van der Waals surface area contributed by atoms with Crippen LogP contribution in [0.2, 0.25) is 0 Å². The Hall–Kier alpha value is -4.27. The largest absolute Gasteiger partial charge is 0.478 e. The molecule has 36 heavy (non-hydrogen) atoms. The quantitative estimate of drug-likeness (QED) is 0.360. The first-order valence-corrected chi connectivity index (χ1v) is 11.9. The van der Waals surface area contributed by atoms with Gasteiger partial charge in [0.25, 0.3) is 0 Å². The summed E-state index contributed by atoms with van der Waals surface area (Å²) in [5, 5.41) is 15.2. The van der Waals surface area contributed by atoms with Crippen molar-refractivity contribution in [1.29, 1.82) is 0 Å². The Kier molecular flexibility index (Phi) is 5.80. The Morgan fingerprint density at radius 1 is 1.06 bits per heavy atom. The van der Waals surface area contributed by atoms with Gasteiger partial charge in [0.15, 0.2) is 0 Å². The summed E-state index contributed by atoms with van der Waals surface area (Å²) in [6, 6.07) is 17.2. The van der Waals surface area contributed by atoms with Crippen molar-refractivity contribution in [2.45, 2.75) is 6.54 Å². The number of anilines is 2. The van der Waals surface area contributed by atoms with Gasteiger partial charge in [-0.1, -0.05) is 12.1 Å². The number of carboxylic acids is 1. The highest BCUT2D eigenvalue weighted by atomic mass is 16.5. The summed E-state index contributed by atoms with van der Waals surface area (Å²) in [6.07, 6.45) is 7.56. The number of rotatable bonds is 6. The topological polar surface area (TPSA) is 92.5 Å². The molecule has 1 aliphatic heterocycles. The van der Waals surface area contributed by atoms with Gasteiger partial charge >= 0.3 is 5.97 Å². The third kappa shape index (κ3) is 4.17. The first kappa shape index (κ1) is 22.2. The fraction of sp³-hybridized carbons (Fsp3) is 0.179. The Morgan fingerprint density at radius 3 is 2.78 bits per heavy atom. The maximum Gasteiger partial charge on any atom is 0.337 e. The second-order valence-electron chi connectivity index (χ2n) is 8.84. The van der Waals surface area contributed by atoms with Gasteiger partial charge in [-0.15, -0.1) is 0 Å². The summed E-state index contributed by atoms with van der Waals surface area (Å²) in [6.45, 7) is 3.77. The van der Waals surface area contributed by atoms with Gasteiger partial charge < -0.3 is 19.7 Å². The minimum Gasteiger partial charge on any atom is -0.478 e. The molecule has 0 bridgehead atoms. The first-order chi connectivity index (χ1) is 17.7. The average Bonchev–Trinajstić information content (AvgIpc) is 3.35. The highest BCUT2D eigenvalue weighted by molar-refractivity contribution is 6.00. The standard InChI is InChI=1S/C28H25N5O3/c34-28(35)22-3-1-2-4-25(22)31-27-20(18-32-11-13-36-14-12-32)17-30-24-6-5-21(15-23(24)27)33-10-8-19-16-29-9-7-26(19)33/h1-10,15-17H,11-14,18H2,(H,30,31)(H,34,35). The second-order valence-corrected chi connectivity index (χ2v) is 8.84. The van der Waals surface area contributed by atoms with E-state index in [2.05, 4.69) is 25.8 Å². The van der Waals surface area contributed by atoms with Crippen LogP contribution in [-0.2, 0) is 11.3 Å². The summed E-state index contributed by atoms with van der Waals surface area (Å²) in [5.41, 5.74) is 5.51. The maximum absolute atomic E-state index is 11.9. The van der Waals surface area contributed by atoms with Crippen molar-refractivity contribution in [3.05, 3.63) is 90.5 Å².